The molecule has 0 radical (unpaired) electrons. The number of hydrogen-bond acceptors (Lipinski definition) is 3. The summed E-state index contributed by atoms with van der Waals surface area (Å²) in [4.78, 5) is 0. The first kappa shape index (κ1) is 12.0. The van der Waals surface area contributed by atoms with Crippen LogP contribution in [0.1, 0.15) is 37.8 Å². The molecule has 0 aliphatic heterocycles. The predicted octanol–water partition coefficient (Wildman–Crippen LogP) is 2.69. The van der Waals surface area contributed by atoms with Crippen molar-refractivity contribution in [2.45, 2.75) is 40.7 Å². The minimum absolute atomic E-state index is 0.512. The fourth-order valence-electron chi connectivity index (χ4n) is 1.36. The normalized spacial score (nSPS) is 12.5. The molecule has 0 bridgehead atoms. The maximum atomic E-state index is 5.11. The molecule has 0 aromatic carbocycles. The smallest absolute Gasteiger partial charge is 0.141 e. The summed E-state index contributed by atoms with van der Waals surface area (Å²) in [7, 11) is 0. The molecule has 0 aliphatic rings. The molecule has 0 unspecified atom stereocenters. The third-order valence-electron chi connectivity index (χ3n) is 2.27. The molecule has 0 atom stereocenters. The lowest BCUT2D eigenvalue weighted by atomic mass is 10.1. The van der Waals surface area contributed by atoms with Crippen molar-refractivity contribution in [3.05, 3.63) is 22.6 Å². The highest BCUT2D eigenvalue weighted by Gasteiger charge is 2.06. The number of hydrogen-bond donors (Lipinski definition) is 1. The van der Waals surface area contributed by atoms with Crippen LogP contribution in [0.4, 0.5) is 0 Å². The lowest BCUT2D eigenvalue weighted by molar-refractivity contribution is 0.393. The maximum Gasteiger partial charge on any atom is 0.141 e. The topological polar surface area (TPSA) is 38.1 Å². The monoisotopic (exact) mass is 208 g/mol. The molecule has 84 valence electrons. The van der Waals surface area contributed by atoms with E-state index in [0.717, 1.165) is 23.6 Å². The highest BCUT2D eigenvalue weighted by Crippen LogP contribution is 2.15. The number of aromatic nitrogens is 1. The molecule has 0 amide bonds. The second kappa shape index (κ2) is 5.12. The SMILES string of the molecule is CC(=Cc1c(C)noc1C)CNC(C)C. The molecule has 0 saturated carbocycles. The summed E-state index contributed by atoms with van der Waals surface area (Å²) in [6, 6.07) is 0.512. The Morgan fingerprint density at radius 1 is 1.47 bits per heavy atom. The zero-order valence-corrected chi connectivity index (χ0v) is 10.2. The Kier molecular flexibility index (Phi) is 4.09. The van der Waals surface area contributed by atoms with Crippen molar-refractivity contribution in [1.82, 2.24) is 10.5 Å². The summed E-state index contributed by atoms with van der Waals surface area (Å²) in [6.07, 6.45) is 2.14. The van der Waals surface area contributed by atoms with E-state index >= 15 is 0 Å². The summed E-state index contributed by atoms with van der Waals surface area (Å²) < 4.78 is 5.11. The van der Waals surface area contributed by atoms with Crippen molar-refractivity contribution in [3.63, 3.8) is 0 Å². The van der Waals surface area contributed by atoms with Crippen molar-refractivity contribution in [1.29, 1.82) is 0 Å². The summed E-state index contributed by atoms with van der Waals surface area (Å²) in [5.41, 5.74) is 3.35. The fourth-order valence-corrected chi connectivity index (χ4v) is 1.36. The second-order valence-corrected chi connectivity index (χ2v) is 4.26. The van der Waals surface area contributed by atoms with Crippen LogP contribution in [0.2, 0.25) is 0 Å². The van der Waals surface area contributed by atoms with Gasteiger partial charge in [-0.25, -0.2) is 0 Å². The van der Waals surface area contributed by atoms with Gasteiger partial charge in [-0.3, -0.25) is 0 Å². The Balaban J connectivity index is 2.70. The molecular formula is C12H20N2O. The van der Waals surface area contributed by atoms with Gasteiger partial charge >= 0.3 is 0 Å². The Hall–Kier alpha value is -1.09. The molecule has 1 aromatic heterocycles. The van der Waals surface area contributed by atoms with Gasteiger partial charge in [0.25, 0.3) is 0 Å². The molecular weight excluding hydrogens is 188 g/mol. The van der Waals surface area contributed by atoms with Crippen LogP contribution in [0.25, 0.3) is 6.08 Å². The molecule has 0 spiro atoms. The molecule has 3 heteroatoms. The van der Waals surface area contributed by atoms with Crippen LogP contribution in [0, 0.1) is 13.8 Å². The molecule has 0 saturated heterocycles. The minimum atomic E-state index is 0.512. The standard InChI is InChI=1S/C12H20N2O/c1-8(2)13-7-9(3)6-12-10(4)14-15-11(12)5/h6,8,13H,7H2,1-5H3. The van der Waals surface area contributed by atoms with Crippen molar-refractivity contribution in [3.8, 4) is 0 Å². The van der Waals surface area contributed by atoms with E-state index in [1.165, 1.54) is 5.57 Å². The lowest BCUT2D eigenvalue weighted by Gasteiger charge is -2.07. The first-order valence-corrected chi connectivity index (χ1v) is 5.34. The van der Waals surface area contributed by atoms with Crippen LogP contribution in [-0.4, -0.2) is 17.7 Å². The summed E-state index contributed by atoms with van der Waals surface area (Å²) in [6.45, 7) is 11.2. The van der Waals surface area contributed by atoms with Gasteiger partial charge in [-0.15, -0.1) is 0 Å². The van der Waals surface area contributed by atoms with Crippen LogP contribution in [0.5, 0.6) is 0 Å². The quantitative estimate of drug-likeness (QED) is 0.826. The van der Waals surface area contributed by atoms with Gasteiger partial charge in [0.05, 0.1) is 5.69 Å². The first-order chi connectivity index (χ1) is 7.00. The maximum absolute atomic E-state index is 5.11. The van der Waals surface area contributed by atoms with E-state index in [1.54, 1.807) is 0 Å². The van der Waals surface area contributed by atoms with E-state index < -0.39 is 0 Å². The molecule has 0 aliphatic carbocycles. The Morgan fingerprint density at radius 3 is 2.60 bits per heavy atom. The fraction of sp³-hybridized carbons (Fsp3) is 0.583. The number of rotatable bonds is 4. The number of aryl methyl sites for hydroxylation is 2. The number of nitrogens with one attached hydrogen (secondary N) is 1. The molecule has 1 heterocycles. The van der Waals surface area contributed by atoms with Crippen LogP contribution in [0.3, 0.4) is 0 Å². The van der Waals surface area contributed by atoms with E-state index in [4.69, 9.17) is 4.52 Å². The number of nitrogens with zero attached hydrogens (tertiary/aromatic N) is 1. The predicted molar refractivity (Wildman–Crippen MR) is 62.8 cm³/mol. The third kappa shape index (κ3) is 3.51. The van der Waals surface area contributed by atoms with Gasteiger partial charge in [0.2, 0.25) is 0 Å². The highest BCUT2D eigenvalue weighted by molar-refractivity contribution is 5.56. The van der Waals surface area contributed by atoms with E-state index in [2.05, 4.69) is 37.3 Å². The van der Waals surface area contributed by atoms with Crippen LogP contribution >= 0.6 is 0 Å². The average molecular weight is 208 g/mol. The average Bonchev–Trinajstić information content (AvgIpc) is 2.46. The van der Waals surface area contributed by atoms with Crippen LogP contribution < -0.4 is 5.32 Å². The molecule has 1 aromatic rings. The zero-order chi connectivity index (χ0) is 11.4. The molecule has 1 N–H and O–H groups in total. The summed E-state index contributed by atoms with van der Waals surface area (Å²) >= 11 is 0. The summed E-state index contributed by atoms with van der Waals surface area (Å²) in [5.74, 6) is 0.886. The molecule has 1 rings (SSSR count). The zero-order valence-electron chi connectivity index (χ0n) is 10.2. The van der Waals surface area contributed by atoms with E-state index in [9.17, 15) is 0 Å². The van der Waals surface area contributed by atoms with Gasteiger partial charge < -0.3 is 9.84 Å². The largest absolute Gasteiger partial charge is 0.361 e. The second-order valence-electron chi connectivity index (χ2n) is 4.26. The summed E-state index contributed by atoms with van der Waals surface area (Å²) in [5, 5.41) is 7.30. The minimum Gasteiger partial charge on any atom is -0.361 e. The molecule has 3 nitrogen and oxygen atoms in total. The van der Waals surface area contributed by atoms with Crippen LogP contribution in [-0.2, 0) is 0 Å². The van der Waals surface area contributed by atoms with Crippen molar-refractivity contribution in [2.75, 3.05) is 6.54 Å². The van der Waals surface area contributed by atoms with Crippen molar-refractivity contribution in [2.24, 2.45) is 0 Å². The lowest BCUT2D eigenvalue weighted by Crippen LogP contribution is -2.24. The molecule has 15 heavy (non-hydrogen) atoms. The van der Waals surface area contributed by atoms with Gasteiger partial charge in [0.15, 0.2) is 0 Å². The van der Waals surface area contributed by atoms with Gasteiger partial charge in [-0.1, -0.05) is 24.6 Å². The van der Waals surface area contributed by atoms with Gasteiger partial charge in [0.1, 0.15) is 5.76 Å². The molecule has 0 fully saturated rings. The van der Waals surface area contributed by atoms with E-state index in [-0.39, 0.29) is 0 Å². The van der Waals surface area contributed by atoms with Crippen molar-refractivity contribution < 1.29 is 4.52 Å². The highest BCUT2D eigenvalue weighted by atomic mass is 16.5. The van der Waals surface area contributed by atoms with Crippen molar-refractivity contribution >= 4 is 6.08 Å². The van der Waals surface area contributed by atoms with E-state index in [0.29, 0.717) is 6.04 Å². The van der Waals surface area contributed by atoms with E-state index in [1.807, 2.05) is 13.8 Å². The van der Waals surface area contributed by atoms with Gasteiger partial charge in [-0.2, -0.15) is 0 Å². The Morgan fingerprint density at radius 2 is 2.13 bits per heavy atom. The van der Waals surface area contributed by atoms with Gasteiger partial charge in [-0.05, 0) is 26.8 Å². The Bertz CT molecular complexity index is 331. The third-order valence-corrected chi connectivity index (χ3v) is 2.27. The first-order valence-electron chi connectivity index (χ1n) is 5.34. The Labute approximate surface area is 91.5 Å². The van der Waals surface area contributed by atoms with Crippen LogP contribution in [0.15, 0.2) is 10.1 Å². The van der Waals surface area contributed by atoms with Gasteiger partial charge in [0, 0.05) is 18.2 Å².